The number of nitrogens with zero attached hydrogens (tertiary/aromatic N) is 4. The Morgan fingerprint density at radius 2 is 1.81 bits per heavy atom. The summed E-state index contributed by atoms with van der Waals surface area (Å²) < 4.78 is 7.02. The van der Waals surface area contributed by atoms with Crippen LogP contribution in [0.5, 0.6) is 5.75 Å². The fraction of sp³-hybridized carbons (Fsp3) is 0.357. The molecule has 0 aliphatic heterocycles. The molecule has 2 aromatic carbocycles. The Morgan fingerprint density at radius 1 is 1.05 bits per heavy atom. The Morgan fingerprint density at radius 3 is 2.54 bits per heavy atom. The molecule has 1 fully saturated rings. The zero-order chi connectivity index (χ0) is 25.9. The normalized spacial score (nSPS) is 17.6. The van der Waals surface area contributed by atoms with Crippen LogP contribution in [0.3, 0.4) is 0 Å². The van der Waals surface area contributed by atoms with Crippen molar-refractivity contribution in [2.75, 3.05) is 12.4 Å². The van der Waals surface area contributed by atoms with Crippen molar-refractivity contribution in [1.29, 1.82) is 0 Å². The van der Waals surface area contributed by atoms with Gasteiger partial charge >= 0.3 is 0 Å². The summed E-state index contributed by atoms with van der Waals surface area (Å²) >= 11 is 6.46. The van der Waals surface area contributed by atoms with Crippen LogP contribution in [0.25, 0.3) is 16.7 Å². The first-order valence-corrected chi connectivity index (χ1v) is 13.0. The molecule has 5 rings (SSSR count). The number of anilines is 1. The molecule has 192 valence electrons. The molecule has 2 N–H and O–H groups in total. The summed E-state index contributed by atoms with van der Waals surface area (Å²) in [6.07, 6.45) is 5.41. The van der Waals surface area contributed by atoms with Gasteiger partial charge in [0.25, 0.3) is 5.91 Å². The van der Waals surface area contributed by atoms with Crippen molar-refractivity contribution in [3.8, 4) is 11.4 Å². The molecular formula is C28H31ClN6O2. The second-order valence-electron chi connectivity index (χ2n) is 9.73. The first-order valence-electron chi connectivity index (χ1n) is 12.6. The number of ether oxygens (including phenoxy) is 1. The predicted octanol–water partition coefficient (Wildman–Crippen LogP) is 5.75. The average Bonchev–Trinajstić information content (AvgIpc) is 3.34. The van der Waals surface area contributed by atoms with Gasteiger partial charge in [-0.25, -0.2) is 14.6 Å². The second kappa shape index (κ2) is 10.8. The zero-order valence-corrected chi connectivity index (χ0v) is 22.0. The van der Waals surface area contributed by atoms with Crippen molar-refractivity contribution in [1.82, 2.24) is 25.1 Å². The summed E-state index contributed by atoms with van der Waals surface area (Å²) in [6.45, 7) is 4.16. The molecule has 8 nitrogen and oxygen atoms in total. The molecule has 1 aliphatic rings. The maximum Gasteiger partial charge on any atom is 0.251 e. The van der Waals surface area contributed by atoms with Crippen molar-refractivity contribution in [2.45, 2.75) is 57.5 Å². The van der Waals surface area contributed by atoms with Gasteiger partial charge in [0.2, 0.25) is 0 Å². The number of nitrogens with one attached hydrogen (secondary N) is 2. The van der Waals surface area contributed by atoms with E-state index in [4.69, 9.17) is 26.3 Å². The van der Waals surface area contributed by atoms with E-state index in [-0.39, 0.29) is 23.9 Å². The van der Waals surface area contributed by atoms with E-state index in [2.05, 4.69) is 29.6 Å². The van der Waals surface area contributed by atoms with Gasteiger partial charge in [-0.05, 0) is 56.0 Å². The summed E-state index contributed by atoms with van der Waals surface area (Å²) in [6, 6.07) is 15.2. The summed E-state index contributed by atoms with van der Waals surface area (Å²) in [4.78, 5) is 22.4. The van der Waals surface area contributed by atoms with Crippen molar-refractivity contribution >= 4 is 34.4 Å². The van der Waals surface area contributed by atoms with Crippen molar-refractivity contribution in [3.63, 3.8) is 0 Å². The molecule has 37 heavy (non-hydrogen) atoms. The number of carbonyl (C=O) groups is 1. The van der Waals surface area contributed by atoms with Gasteiger partial charge in [-0.3, -0.25) is 4.79 Å². The molecule has 1 amide bonds. The number of methoxy groups -OCH3 is 1. The molecule has 0 spiro atoms. The lowest BCUT2D eigenvalue weighted by molar-refractivity contribution is 0.0926. The second-order valence-corrected chi connectivity index (χ2v) is 10.1. The van der Waals surface area contributed by atoms with E-state index in [1.807, 2.05) is 36.4 Å². The smallest absolute Gasteiger partial charge is 0.251 e. The van der Waals surface area contributed by atoms with E-state index in [0.717, 1.165) is 54.0 Å². The van der Waals surface area contributed by atoms with E-state index in [9.17, 15) is 4.79 Å². The van der Waals surface area contributed by atoms with Crippen LogP contribution in [0.2, 0.25) is 5.02 Å². The van der Waals surface area contributed by atoms with Crippen LogP contribution in [0.15, 0.2) is 54.7 Å². The van der Waals surface area contributed by atoms with Crippen LogP contribution >= 0.6 is 11.6 Å². The molecule has 4 aromatic rings. The molecular weight excluding hydrogens is 488 g/mol. The predicted molar refractivity (Wildman–Crippen MR) is 146 cm³/mol. The Bertz CT molecular complexity index is 1410. The van der Waals surface area contributed by atoms with Crippen LogP contribution < -0.4 is 15.4 Å². The van der Waals surface area contributed by atoms with Gasteiger partial charge in [-0.2, -0.15) is 5.10 Å². The van der Waals surface area contributed by atoms with Crippen LogP contribution in [-0.2, 0) is 0 Å². The molecule has 2 heterocycles. The molecule has 0 radical (unpaired) electrons. The highest BCUT2D eigenvalue weighted by Gasteiger charge is 2.25. The lowest BCUT2D eigenvalue weighted by Gasteiger charge is -2.30. The van der Waals surface area contributed by atoms with Gasteiger partial charge < -0.3 is 15.4 Å². The van der Waals surface area contributed by atoms with Crippen LogP contribution in [0.1, 0.15) is 61.6 Å². The molecule has 0 saturated heterocycles. The largest absolute Gasteiger partial charge is 0.497 e. The highest BCUT2D eigenvalue weighted by molar-refractivity contribution is 6.32. The number of amides is 1. The number of rotatable bonds is 7. The maximum absolute atomic E-state index is 12.7. The van der Waals surface area contributed by atoms with Gasteiger partial charge in [0.05, 0.1) is 29.4 Å². The first-order chi connectivity index (χ1) is 17.9. The van der Waals surface area contributed by atoms with E-state index in [1.54, 1.807) is 30.1 Å². The van der Waals surface area contributed by atoms with Gasteiger partial charge in [-0.15, -0.1) is 0 Å². The van der Waals surface area contributed by atoms with Gasteiger partial charge in [-0.1, -0.05) is 43.6 Å². The molecule has 0 unspecified atom stereocenters. The standard InChI is InChI=1S/C28H31ClN6O2/c1-17(2)25-33-26(22-16-30-35(27(22)34-25)24-10-5-4-9-23(24)29)31-19-11-13-20(14-12-19)32-28(36)18-7-6-8-21(15-18)37-3/h4-10,15-17,19-20H,11-14H2,1-3H3,(H,32,36)(H,31,33,34). The molecule has 1 aliphatic carbocycles. The lowest BCUT2D eigenvalue weighted by Crippen LogP contribution is -2.40. The van der Waals surface area contributed by atoms with E-state index < -0.39 is 0 Å². The number of carbonyl (C=O) groups excluding carboxylic acids is 1. The number of fused-ring (bicyclic) bond motifs is 1. The number of halogens is 1. The van der Waals surface area contributed by atoms with Crippen LogP contribution in [0, 0.1) is 0 Å². The topological polar surface area (TPSA) is 94.0 Å². The third-order valence-corrected chi connectivity index (χ3v) is 7.10. The Balaban J connectivity index is 1.30. The molecule has 2 aromatic heterocycles. The van der Waals surface area contributed by atoms with E-state index >= 15 is 0 Å². The Hall–Kier alpha value is -3.65. The third-order valence-electron chi connectivity index (χ3n) is 6.78. The van der Waals surface area contributed by atoms with Crippen molar-refractivity contribution in [3.05, 3.63) is 71.1 Å². The van der Waals surface area contributed by atoms with Gasteiger partial charge in [0.1, 0.15) is 17.4 Å². The molecule has 0 bridgehead atoms. The molecule has 1 saturated carbocycles. The Kier molecular flexibility index (Phi) is 7.28. The Labute approximate surface area is 221 Å². The lowest BCUT2D eigenvalue weighted by atomic mass is 9.91. The zero-order valence-electron chi connectivity index (χ0n) is 21.2. The fourth-order valence-corrected chi connectivity index (χ4v) is 4.92. The minimum absolute atomic E-state index is 0.0682. The number of aromatic nitrogens is 4. The summed E-state index contributed by atoms with van der Waals surface area (Å²) in [5.74, 6) is 2.30. The van der Waals surface area contributed by atoms with Gasteiger partial charge in [0, 0.05) is 23.6 Å². The number of hydrogen-bond acceptors (Lipinski definition) is 6. The van der Waals surface area contributed by atoms with Crippen LogP contribution in [0.4, 0.5) is 5.82 Å². The van der Waals surface area contributed by atoms with E-state index in [1.165, 1.54) is 0 Å². The monoisotopic (exact) mass is 518 g/mol. The van der Waals surface area contributed by atoms with Crippen molar-refractivity contribution in [2.24, 2.45) is 0 Å². The van der Waals surface area contributed by atoms with Crippen molar-refractivity contribution < 1.29 is 9.53 Å². The fourth-order valence-electron chi connectivity index (χ4n) is 4.70. The summed E-state index contributed by atoms with van der Waals surface area (Å²) in [7, 11) is 1.60. The number of hydrogen-bond donors (Lipinski definition) is 2. The molecule has 9 heteroatoms. The summed E-state index contributed by atoms with van der Waals surface area (Å²) in [5, 5.41) is 12.9. The van der Waals surface area contributed by atoms with Gasteiger partial charge in [0.15, 0.2) is 5.65 Å². The van der Waals surface area contributed by atoms with E-state index in [0.29, 0.717) is 16.3 Å². The summed E-state index contributed by atoms with van der Waals surface area (Å²) in [5.41, 5.74) is 2.12. The minimum atomic E-state index is -0.0682. The minimum Gasteiger partial charge on any atom is -0.497 e. The average molecular weight is 519 g/mol. The molecule has 0 atom stereocenters. The van der Waals surface area contributed by atoms with Crippen LogP contribution in [-0.4, -0.2) is 44.8 Å². The number of benzene rings is 2. The quantitative estimate of drug-likeness (QED) is 0.323. The highest BCUT2D eigenvalue weighted by atomic mass is 35.5. The first kappa shape index (κ1) is 25.0. The third kappa shape index (κ3) is 5.39. The number of para-hydroxylation sites is 1. The maximum atomic E-state index is 12.7. The highest BCUT2D eigenvalue weighted by Crippen LogP contribution is 2.30. The SMILES string of the molecule is COc1cccc(C(=O)NC2CCC(Nc3nc(C(C)C)nc4c3cnn4-c3ccccc3Cl)CC2)c1.